The summed E-state index contributed by atoms with van der Waals surface area (Å²) in [6.07, 6.45) is 1.65. The molecule has 1 saturated heterocycles. The normalized spacial score (nSPS) is 13.0. The summed E-state index contributed by atoms with van der Waals surface area (Å²) < 4.78 is 1.45. The van der Waals surface area contributed by atoms with Crippen molar-refractivity contribution in [1.82, 2.24) is 19.4 Å². The Morgan fingerprint density at radius 2 is 1.53 bits per heavy atom. The van der Waals surface area contributed by atoms with Gasteiger partial charge < -0.3 is 25.0 Å². The number of nitrogens with zero attached hydrogens (tertiary/aromatic N) is 4. The molecule has 220 valence electrons. The van der Waals surface area contributed by atoms with Crippen LogP contribution in [0.15, 0.2) is 83.8 Å². The van der Waals surface area contributed by atoms with E-state index in [-0.39, 0.29) is 35.0 Å². The number of aryl methyl sites for hydroxylation is 1. The van der Waals surface area contributed by atoms with Crippen LogP contribution in [0.4, 0.5) is 17.2 Å². The predicted octanol–water partition coefficient (Wildman–Crippen LogP) is 4.27. The second-order valence-corrected chi connectivity index (χ2v) is 10.5. The first-order valence-corrected chi connectivity index (χ1v) is 14.3. The average molecular weight is 599 g/mol. The van der Waals surface area contributed by atoms with Crippen LogP contribution in [0.2, 0.25) is 0 Å². The quantitative estimate of drug-likeness (QED) is 0.307. The maximum atomic E-state index is 13.0. The Labute approximate surface area is 253 Å². The zero-order chi connectivity index (χ0) is 30.5. The first-order chi connectivity index (χ1) is 20.7. The molecule has 3 aromatic carbocycles. The van der Waals surface area contributed by atoms with Crippen molar-refractivity contribution < 1.29 is 14.4 Å². The highest BCUT2D eigenvalue weighted by atomic mass is 35.5. The van der Waals surface area contributed by atoms with Gasteiger partial charge in [-0.25, -0.2) is 4.98 Å². The van der Waals surface area contributed by atoms with E-state index in [1.165, 1.54) is 4.57 Å². The lowest BCUT2D eigenvalue weighted by Crippen LogP contribution is -2.50. The van der Waals surface area contributed by atoms with Gasteiger partial charge in [0.15, 0.2) is 5.82 Å². The van der Waals surface area contributed by atoms with Gasteiger partial charge in [0.25, 0.3) is 17.4 Å². The smallest absolute Gasteiger partial charge is 0.293 e. The number of benzene rings is 3. The fourth-order valence-electron chi connectivity index (χ4n) is 4.91. The molecule has 0 atom stereocenters. The van der Waals surface area contributed by atoms with Crippen molar-refractivity contribution in [2.75, 3.05) is 42.7 Å². The zero-order valence-corrected chi connectivity index (χ0v) is 24.6. The molecule has 5 rings (SSSR count). The Kier molecular flexibility index (Phi) is 8.87. The van der Waals surface area contributed by atoms with Gasteiger partial charge in [0.05, 0.1) is 5.69 Å². The number of carbonyl (C=O) groups excluding carboxylic acids is 3. The number of carbonyl (C=O) groups is 3. The van der Waals surface area contributed by atoms with Gasteiger partial charge in [-0.1, -0.05) is 30.3 Å². The van der Waals surface area contributed by atoms with Crippen molar-refractivity contribution in [2.45, 2.75) is 6.92 Å². The molecule has 1 aliphatic heterocycles. The first kappa shape index (κ1) is 29.5. The number of nitrogens with one attached hydrogen (secondary N) is 2. The first-order valence-electron chi connectivity index (χ1n) is 13.8. The third-order valence-corrected chi connectivity index (χ3v) is 7.62. The van der Waals surface area contributed by atoms with Gasteiger partial charge >= 0.3 is 0 Å². The largest absolute Gasteiger partial charge is 0.338 e. The minimum absolute atomic E-state index is 0.0672. The van der Waals surface area contributed by atoms with Crippen LogP contribution in [0.5, 0.6) is 0 Å². The second kappa shape index (κ2) is 12.9. The van der Waals surface area contributed by atoms with Crippen LogP contribution in [0.1, 0.15) is 26.3 Å². The molecule has 0 aliphatic carbocycles. The lowest BCUT2D eigenvalue weighted by molar-refractivity contribution is -0.129. The molecule has 1 aromatic heterocycles. The van der Waals surface area contributed by atoms with Crippen LogP contribution in [0.3, 0.4) is 0 Å². The van der Waals surface area contributed by atoms with Crippen molar-refractivity contribution in [1.29, 1.82) is 0 Å². The average Bonchev–Trinajstić information content (AvgIpc) is 3.04. The Bertz CT molecular complexity index is 1710. The SMILES string of the molecule is Cc1c(NC(=O)c2ccccc2)cccc1-c1cn(C)c(=O)c(Nc2ccc(C(=O)N3CCN(C(=O)CCl)CC3)cc2)n1. The Morgan fingerprint density at radius 1 is 0.860 bits per heavy atom. The molecule has 11 heteroatoms. The van der Waals surface area contributed by atoms with Crippen LogP contribution in [-0.4, -0.2) is 69.1 Å². The van der Waals surface area contributed by atoms with E-state index in [4.69, 9.17) is 11.6 Å². The number of piperazine rings is 1. The van der Waals surface area contributed by atoms with Crippen LogP contribution in [0, 0.1) is 6.92 Å². The molecule has 3 amide bonds. The summed E-state index contributed by atoms with van der Waals surface area (Å²) in [5.74, 6) is -0.428. The minimum atomic E-state index is -0.320. The minimum Gasteiger partial charge on any atom is -0.338 e. The van der Waals surface area contributed by atoms with Crippen molar-refractivity contribution in [2.24, 2.45) is 7.05 Å². The molecule has 1 aliphatic rings. The highest BCUT2D eigenvalue weighted by Crippen LogP contribution is 2.28. The van der Waals surface area contributed by atoms with E-state index < -0.39 is 0 Å². The van der Waals surface area contributed by atoms with Gasteiger partial charge in [-0.15, -0.1) is 11.6 Å². The highest BCUT2D eigenvalue weighted by molar-refractivity contribution is 6.27. The number of amides is 3. The number of halogens is 1. The van der Waals surface area contributed by atoms with E-state index >= 15 is 0 Å². The molecule has 0 bridgehead atoms. The summed E-state index contributed by atoms with van der Waals surface area (Å²) >= 11 is 5.64. The second-order valence-electron chi connectivity index (χ2n) is 10.2. The molecular formula is C32H31ClN6O4. The Balaban J connectivity index is 1.32. The molecule has 0 unspecified atom stereocenters. The van der Waals surface area contributed by atoms with Gasteiger partial charge in [0.1, 0.15) is 5.88 Å². The standard InChI is InChI=1S/C32H31ClN6O4/c1-21-25(9-6-10-26(21)36-30(41)22-7-4-3-5-8-22)27-20-37(2)32(43)29(35-27)34-24-13-11-23(12-14-24)31(42)39-17-15-38(16-18-39)28(40)19-33/h3-14,20H,15-19H2,1-2H3,(H,34,35)(H,36,41). The van der Waals surface area contributed by atoms with E-state index in [0.29, 0.717) is 54.4 Å². The summed E-state index contributed by atoms with van der Waals surface area (Å²) in [4.78, 5) is 58.5. The number of aromatic nitrogens is 2. The number of hydrogen-bond donors (Lipinski definition) is 2. The summed E-state index contributed by atoms with van der Waals surface area (Å²) in [5.41, 5.74) is 4.09. The van der Waals surface area contributed by atoms with Crippen LogP contribution in [0.25, 0.3) is 11.3 Å². The molecule has 0 spiro atoms. The van der Waals surface area contributed by atoms with E-state index in [0.717, 1.165) is 11.1 Å². The van der Waals surface area contributed by atoms with Gasteiger partial charge in [-0.05, 0) is 55.0 Å². The number of anilines is 3. The molecule has 1 fully saturated rings. The monoisotopic (exact) mass is 598 g/mol. The van der Waals surface area contributed by atoms with E-state index in [1.807, 2.05) is 43.3 Å². The summed E-state index contributed by atoms with van der Waals surface area (Å²) in [6, 6.07) is 21.3. The Hall–Kier alpha value is -4.96. The van der Waals surface area contributed by atoms with Gasteiger partial charge in [-0.3, -0.25) is 19.2 Å². The lowest BCUT2D eigenvalue weighted by atomic mass is 10.0. The van der Waals surface area contributed by atoms with Gasteiger partial charge in [0, 0.05) is 67.5 Å². The van der Waals surface area contributed by atoms with Crippen molar-refractivity contribution in [3.8, 4) is 11.3 Å². The zero-order valence-electron chi connectivity index (χ0n) is 23.8. The molecule has 2 heterocycles. The summed E-state index contributed by atoms with van der Waals surface area (Å²) in [6.45, 7) is 3.66. The topological polar surface area (TPSA) is 117 Å². The number of alkyl halides is 1. The van der Waals surface area contributed by atoms with E-state index in [2.05, 4.69) is 15.6 Å². The number of hydrogen-bond acceptors (Lipinski definition) is 6. The fourth-order valence-corrected chi connectivity index (χ4v) is 5.08. The maximum Gasteiger partial charge on any atom is 0.293 e. The van der Waals surface area contributed by atoms with Crippen molar-refractivity contribution >= 4 is 46.5 Å². The van der Waals surface area contributed by atoms with Crippen molar-refractivity contribution in [3.63, 3.8) is 0 Å². The maximum absolute atomic E-state index is 13.0. The predicted molar refractivity (Wildman–Crippen MR) is 167 cm³/mol. The third kappa shape index (κ3) is 6.60. The molecule has 0 saturated carbocycles. The van der Waals surface area contributed by atoms with E-state index in [1.54, 1.807) is 59.4 Å². The fraction of sp³-hybridized carbons (Fsp3) is 0.219. The molecular weight excluding hydrogens is 568 g/mol. The molecule has 0 radical (unpaired) electrons. The van der Waals surface area contributed by atoms with Crippen LogP contribution in [-0.2, 0) is 11.8 Å². The summed E-state index contributed by atoms with van der Waals surface area (Å²) in [5, 5.41) is 6.05. The molecule has 2 N–H and O–H groups in total. The van der Waals surface area contributed by atoms with Gasteiger partial charge in [-0.2, -0.15) is 0 Å². The van der Waals surface area contributed by atoms with Crippen LogP contribution < -0.4 is 16.2 Å². The lowest BCUT2D eigenvalue weighted by Gasteiger charge is -2.34. The summed E-state index contributed by atoms with van der Waals surface area (Å²) in [7, 11) is 1.65. The van der Waals surface area contributed by atoms with Gasteiger partial charge in [0.2, 0.25) is 5.91 Å². The highest BCUT2D eigenvalue weighted by Gasteiger charge is 2.24. The Morgan fingerprint density at radius 3 is 2.21 bits per heavy atom. The van der Waals surface area contributed by atoms with E-state index in [9.17, 15) is 19.2 Å². The molecule has 4 aromatic rings. The number of rotatable bonds is 7. The van der Waals surface area contributed by atoms with Crippen LogP contribution >= 0.6 is 11.6 Å². The molecule has 43 heavy (non-hydrogen) atoms. The third-order valence-electron chi connectivity index (χ3n) is 7.39. The molecule has 10 nitrogen and oxygen atoms in total. The van der Waals surface area contributed by atoms with Crippen molar-refractivity contribution in [3.05, 3.63) is 106 Å².